The number of sulfonamides is 1. The van der Waals surface area contributed by atoms with E-state index in [1.165, 1.54) is 12.1 Å². The van der Waals surface area contributed by atoms with Crippen molar-refractivity contribution in [2.75, 3.05) is 4.72 Å². The highest BCUT2D eigenvalue weighted by atomic mass is 35.5. The van der Waals surface area contributed by atoms with Crippen molar-refractivity contribution in [1.82, 2.24) is 4.90 Å². The lowest BCUT2D eigenvalue weighted by molar-refractivity contribution is -0.138. The molecule has 0 aromatic heterocycles. The molecule has 4 rings (SSSR count). The summed E-state index contributed by atoms with van der Waals surface area (Å²) in [6.45, 7) is 2.29. The molecular weight excluding hydrogens is 436 g/mol. The zero-order valence-corrected chi connectivity index (χ0v) is 18.4. The van der Waals surface area contributed by atoms with Gasteiger partial charge in [0.05, 0.1) is 4.90 Å². The molecule has 0 unspecified atom stereocenters. The van der Waals surface area contributed by atoms with Crippen LogP contribution in [0, 0.1) is 0 Å². The van der Waals surface area contributed by atoms with Gasteiger partial charge in [0.1, 0.15) is 5.75 Å². The van der Waals surface area contributed by atoms with Crippen molar-refractivity contribution in [3.05, 3.63) is 88.9 Å². The number of benzene rings is 3. The molecule has 3 aromatic rings. The van der Waals surface area contributed by atoms with Gasteiger partial charge in [-0.2, -0.15) is 0 Å². The van der Waals surface area contributed by atoms with Crippen LogP contribution >= 0.6 is 11.6 Å². The molecule has 31 heavy (non-hydrogen) atoms. The van der Waals surface area contributed by atoms with E-state index in [0.29, 0.717) is 28.6 Å². The molecule has 0 aliphatic carbocycles. The molecule has 0 fully saturated rings. The van der Waals surface area contributed by atoms with Gasteiger partial charge in [-0.3, -0.25) is 9.52 Å². The van der Waals surface area contributed by atoms with E-state index in [0.717, 1.165) is 5.56 Å². The molecule has 1 aliphatic rings. The van der Waals surface area contributed by atoms with Gasteiger partial charge < -0.3 is 9.64 Å². The van der Waals surface area contributed by atoms with Gasteiger partial charge in [-0.15, -0.1) is 0 Å². The molecule has 0 spiro atoms. The van der Waals surface area contributed by atoms with Crippen molar-refractivity contribution in [1.29, 1.82) is 0 Å². The number of nitrogens with one attached hydrogen (secondary N) is 1. The van der Waals surface area contributed by atoms with Gasteiger partial charge in [-0.05, 0) is 48.9 Å². The second kappa shape index (κ2) is 8.61. The van der Waals surface area contributed by atoms with Gasteiger partial charge in [-0.1, -0.05) is 48.0 Å². The van der Waals surface area contributed by atoms with Crippen LogP contribution < -0.4 is 9.46 Å². The number of rotatable bonds is 5. The van der Waals surface area contributed by atoms with Crippen LogP contribution in [0.1, 0.15) is 18.1 Å². The molecule has 0 bridgehead atoms. The molecule has 0 saturated heterocycles. The van der Waals surface area contributed by atoms with Crippen molar-refractivity contribution in [2.45, 2.75) is 31.0 Å². The Balaban J connectivity index is 1.62. The Morgan fingerprint density at radius 3 is 2.52 bits per heavy atom. The molecule has 1 aliphatic heterocycles. The first-order valence-electron chi connectivity index (χ1n) is 9.73. The Bertz CT molecular complexity index is 1220. The van der Waals surface area contributed by atoms with E-state index in [1.807, 2.05) is 18.2 Å². The second-order valence-electron chi connectivity index (χ2n) is 7.29. The zero-order chi connectivity index (χ0) is 22.0. The van der Waals surface area contributed by atoms with E-state index in [-0.39, 0.29) is 17.3 Å². The van der Waals surface area contributed by atoms with E-state index in [9.17, 15) is 13.2 Å². The maximum Gasteiger partial charge on any atom is 0.263 e. The highest BCUT2D eigenvalue weighted by Gasteiger charge is 2.28. The third kappa shape index (κ3) is 4.68. The summed E-state index contributed by atoms with van der Waals surface area (Å²) in [6, 6.07) is 20.5. The van der Waals surface area contributed by atoms with Gasteiger partial charge in [0.15, 0.2) is 6.10 Å². The lowest BCUT2D eigenvalue weighted by Gasteiger charge is -2.22. The summed E-state index contributed by atoms with van der Waals surface area (Å²) in [6.07, 6.45) is -0.671. The third-order valence-electron chi connectivity index (χ3n) is 5.01. The van der Waals surface area contributed by atoms with Gasteiger partial charge in [0.25, 0.3) is 15.9 Å². The molecule has 1 N–H and O–H groups in total. The SMILES string of the molecule is C[C@@H]1Oc2ccc(NS(=O)(=O)c3ccccc3)cc2CN(Cc2ccccc2Cl)C1=O. The molecule has 3 aromatic carbocycles. The summed E-state index contributed by atoms with van der Waals surface area (Å²) in [4.78, 5) is 14.7. The summed E-state index contributed by atoms with van der Waals surface area (Å²) in [5.41, 5.74) is 1.93. The summed E-state index contributed by atoms with van der Waals surface area (Å²) in [5.74, 6) is 0.382. The molecular formula is C23H21ClN2O4S. The minimum Gasteiger partial charge on any atom is -0.481 e. The average Bonchev–Trinajstić information content (AvgIpc) is 2.87. The van der Waals surface area contributed by atoms with Crippen molar-refractivity contribution < 1.29 is 17.9 Å². The van der Waals surface area contributed by atoms with Gasteiger partial charge in [0.2, 0.25) is 0 Å². The fourth-order valence-corrected chi connectivity index (χ4v) is 4.71. The van der Waals surface area contributed by atoms with Crippen molar-refractivity contribution in [3.8, 4) is 5.75 Å². The first kappa shape index (κ1) is 21.2. The number of anilines is 1. The number of amides is 1. The number of halogens is 1. The molecule has 1 heterocycles. The number of fused-ring (bicyclic) bond motifs is 1. The van der Waals surface area contributed by atoms with E-state index in [4.69, 9.17) is 16.3 Å². The van der Waals surface area contributed by atoms with Crippen molar-refractivity contribution in [3.63, 3.8) is 0 Å². The Labute approximate surface area is 186 Å². The van der Waals surface area contributed by atoms with E-state index in [1.54, 1.807) is 54.3 Å². The predicted molar refractivity (Wildman–Crippen MR) is 119 cm³/mol. The number of carbonyl (C=O) groups excluding carboxylic acids is 1. The molecule has 8 heteroatoms. The number of carbonyl (C=O) groups is 1. The van der Waals surface area contributed by atoms with Crippen molar-refractivity contribution in [2.24, 2.45) is 0 Å². The predicted octanol–water partition coefficient (Wildman–Crippen LogP) is 4.45. The van der Waals surface area contributed by atoms with Crippen LogP contribution in [0.15, 0.2) is 77.7 Å². The zero-order valence-electron chi connectivity index (χ0n) is 16.8. The molecule has 160 valence electrons. The molecule has 0 saturated carbocycles. The number of ether oxygens (including phenoxy) is 1. The summed E-state index contributed by atoms with van der Waals surface area (Å²) in [7, 11) is -3.73. The summed E-state index contributed by atoms with van der Waals surface area (Å²) >= 11 is 6.28. The Kier molecular flexibility index (Phi) is 5.89. The molecule has 1 atom stereocenters. The van der Waals surface area contributed by atoms with Crippen molar-refractivity contribution >= 4 is 33.2 Å². The second-order valence-corrected chi connectivity index (χ2v) is 9.38. The number of nitrogens with zero attached hydrogens (tertiary/aromatic N) is 1. The van der Waals surface area contributed by atoms with E-state index in [2.05, 4.69) is 4.72 Å². The van der Waals surface area contributed by atoms with E-state index < -0.39 is 16.1 Å². The van der Waals surface area contributed by atoms with Gasteiger partial charge >= 0.3 is 0 Å². The summed E-state index contributed by atoms with van der Waals surface area (Å²) in [5, 5.41) is 0.581. The van der Waals surface area contributed by atoms with Crippen LogP contribution in [0.5, 0.6) is 5.75 Å². The minimum atomic E-state index is -3.73. The molecule has 1 amide bonds. The lowest BCUT2D eigenvalue weighted by atomic mass is 10.1. The maximum absolute atomic E-state index is 12.9. The molecule has 6 nitrogen and oxygen atoms in total. The largest absolute Gasteiger partial charge is 0.481 e. The van der Waals surface area contributed by atoms with Crippen LogP contribution in [0.3, 0.4) is 0 Å². The first-order valence-corrected chi connectivity index (χ1v) is 11.6. The monoisotopic (exact) mass is 456 g/mol. The van der Waals surface area contributed by atoms with Crippen LogP contribution in [0.25, 0.3) is 0 Å². The smallest absolute Gasteiger partial charge is 0.263 e. The van der Waals surface area contributed by atoms with Crippen LogP contribution in [0.2, 0.25) is 5.02 Å². The van der Waals surface area contributed by atoms with Crippen LogP contribution in [-0.2, 0) is 27.9 Å². The average molecular weight is 457 g/mol. The normalized spacial score (nSPS) is 16.3. The number of hydrogen-bond donors (Lipinski definition) is 1. The van der Waals surface area contributed by atoms with Gasteiger partial charge in [-0.25, -0.2) is 8.42 Å². The van der Waals surface area contributed by atoms with Crippen LogP contribution in [0.4, 0.5) is 5.69 Å². The Hall–Kier alpha value is -3.03. The van der Waals surface area contributed by atoms with E-state index >= 15 is 0 Å². The quantitative estimate of drug-likeness (QED) is 0.615. The fraction of sp³-hybridized carbons (Fsp3) is 0.174. The highest BCUT2D eigenvalue weighted by molar-refractivity contribution is 7.92. The maximum atomic E-state index is 12.9. The Morgan fingerprint density at radius 2 is 1.77 bits per heavy atom. The lowest BCUT2D eigenvalue weighted by Crippen LogP contribution is -2.37. The Morgan fingerprint density at radius 1 is 1.06 bits per heavy atom. The third-order valence-corrected chi connectivity index (χ3v) is 6.78. The van der Waals surface area contributed by atoms with Gasteiger partial charge in [0, 0.05) is 29.4 Å². The first-order chi connectivity index (χ1) is 14.8. The summed E-state index contributed by atoms with van der Waals surface area (Å²) < 4.78 is 33.8. The van der Waals surface area contributed by atoms with Crippen LogP contribution in [-0.4, -0.2) is 25.3 Å². The minimum absolute atomic E-state index is 0.164. The fourth-order valence-electron chi connectivity index (χ4n) is 3.44. The molecule has 0 radical (unpaired) electrons. The standard InChI is InChI=1S/C23H21ClN2O4S/c1-16-23(27)26(14-17-7-5-6-10-21(17)24)15-18-13-19(11-12-22(18)30-16)25-31(28,29)20-8-3-2-4-9-20/h2-13,16,25H,14-15H2,1H3/t16-/m0/s1. The highest BCUT2D eigenvalue weighted by Crippen LogP contribution is 2.31. The topological polar surface area (TPSA) is 75.7 Å². The number of hydrogen-bond acceptors (Lipinski definition) is 4.